The Morgan fingerprint density at radius 3 is 2.84 bits per heavy atom. The molecule has 7 heteroatoms. The SMILES string of the molecule is CCOC(=O)CCCNc1ccc([N+](=O)[O-])cc1Cl. The van der Waals surface area contributed by atoms with Gasteiger partial charge < -0.3 is 10.1 Å². The topological polar surface area (TPSA) is 81.5 Å². The van der Waals surface area contributed by atoms with Gasteiger partial charge in [-0.05, 0) is 19.4 Å². The van der Waals surface area contributed by atoms with Crippen molar-refractivity contribution in [2.75, 3.05) is 18.5 Å². The van der Waals surface area contributed by atoms with Gasteiger partial charge in [-0.25, -0.2) is 0 Å². The number of anilines is 1. The molecule has 0 saturated carbocycles. The van der Waals surface area contributed by atoms with Crippen LogP contribution in [0, 0.1) is 10.1 Å². The number of halogens is 1. The first-order valence-electron chi connectivity index (χ1n) is 5.88. The molecule has 19 heavy (non-hydrogen) atoms. The number of non-ortho nitro benzene ring substituents is 1. The predicted octanol–water partition coefficient (Wildman–Crippen LogP) is 3.00. The lowest BCUT2D eigenvalue weighted by molar-refractivity contribution is -0.384. The maximum atomic E-state index is 11.1. The first-order chi connectivity index (χ1) is 9.04. The summed E-state index contributed by atoms with van der Waals surface area (Å²) in [7, 11) is 0. The van der Waals surface area contributed by atoms with Crippen molar-refractivity contribution in [2.24, 2.45) is 0 Å². The second kappa shape index (κ2) is 7.58. The first kappa shape index (κ1) is 15.2. The van der Waals surface area contributed by atoms with Crippen LogP contribution in [0.5, 0.6) is 0 Å². The molecule has 0 fully saturated rings. The van der Waals surface area contributed by atoms with E-state index in [1.54, 1.807) is 13.0 Å². The highest BCUT2D eigenvalue weighted by atomic mass is 35.5. The molecule has 0 heterocycles. The van der Waals surface area contributed by atoms with E-state index in [1.807, 2.05) is 0 Å². The van der Waals surface area contributed by atoms with Crippen molar-refractivity contribution < 1.29 is 14.5 Å². The quantitative estimate of drug-likeness (QED) is 0.361. The predicted molar refractivity (Wildman–Crippen MR) is 72.5 cm³/mol. The van der Waals surface area contributed by atoms with Gasteiger partial charge in [0.05, 0.1) is 22.2 Å². The van der Waals surface area contributed by atoms with Gasteiger partial charge in [0, 0.05) is 25.1 Å². The Morgan fingerprint density at radius 1 is 1.53 bits per heavy atom. The van der Waals surface area contributed by atoms with Crippen molar-refractivity contribution in [3.8, 4) is 0 Å². The van der Waals surface area contributed by atoms with Gasteiger partial charge in [-0.3, -0.25) is 14.9 Å². The zero-order valence-corrected chi connectivity index (χ0v) is 11.3. The summed E-state index contributed by atoms with van der Waals surface area (Å²) >= 11 is 5.91. The molecule has 0 bridgehead atoms. The third kappa shape index (κ3) is 5.13. The molecule has 0 aromatic heterocycles. The number of esters is 1. The zero-order valence-electron chi connectivity index (χ0n) is 10.5. The second-order valence-corrected chi connectivity index (χ2v) is 4.16. The van der Waals surface area contributed by atoms with E-state index in [9.17, 15) is 14.9 Å². The summed E-state index contributed by atoms with van der Waals surface area (Å²) in [5.41, 5.74) is 0.554. The summed E-state index contributed by atoms with van der Waals surface area (Å²) in [6.07, 6.45) is 0.928. The molecule has 104 valence electrons. The molecule has 1 rings (SSSR count). The Hall–Kier alpha value is -1.82. The minimum Gasteiger partial charge on any atom is -0.466 e. The van der Waals surface area contributed by atoms with Crippen LogP contribution in [0.2, 0.25) is 5.02 Å². The first-order valence-corrected chi connectivity index (χ1v) is 6.25. The third-order valence-electron chi connectivity index (χ3n) is 2.34. The Labute approximate surface area is 115 Å². The highest BCUT2D eigenvalue weighted by Gasteiger charge is 2.09. The van der Waals surface area contributed by atoms with Crippen molar-refractivity contribution in [1.29, 1.82) is 0 Å². The van der Waals surface area contributed by atoms with Gasteiger partial charge in [-0.15, -0.1) is 0 Å². The second-order valence-electron chi connectivity index (χ2n) is 3.76. The fourth-order valence-corrected chi connectivity index (χ4v) is 1.69. The van der Waals surface area contributed by atoms with Gasteiger partial charge in [0.1, 0.15) is 0 Å². The van der Waals surface area contributed by atoms with Crippen molar-refractivity contribution in [2.45, 2.75) is 19.8 Å². The summed E-state index contributed by atoms with van der Waals surface area (Å²) in [5, 5.41) is 13.8. The van der Waals surface area contributed by atoms with E-state index in [0.717, 1.165) is 0 Å². The van der Waals surface area contributed by atoms with E-state index in [2.05, 4.69) is 5.32 Å². The van der Waals surface area contributed by atoms with Crippen LogP contribution in [0.3, 0.4) is 0 Å². The van der Waals surface area contributed by atoms with Crippen LogP contribution >= 0.6 is 11.6 Å². The number of nitro groups is 1. The van der Waals surface area contributed by atoms with Gasteiger partial charge in [-0.1, -0.05) is 11.6 Å². The van der Waals surface area contributed by atoms with E-state index in [4.69, 9.17) is 16.3 Å². The molecule has 0 unspecified atom stereocenters. The summed E-state index contributed by atoms with van der Waals surface area (Å²) in [5.74, 6) is -0.237. The lowest BCUT2D eigenvalue weighted by atomic mass is 10.2. The van der Waals surface area contributed by atoms with E-state index < -0.39 is 4.92 Å². The number of nitrogens with one attached hydrogen (secondary N) is 1. The van der Waals surface area contributed by atoms with E-state index in [0.29, 0.717) is 31.7 Å². The third-order valence-corrected chi connectivity index (χ3v) is 2.65. The molecule has 1 N–H and O–H groups in total. The number of benzene rings is 1. The molecule has 0 aliphatic carbocycles. The molecular formula is C12H15ClN2O4. The van der Waals surface area contributed by atoms with E-state index in [-0.39, 0.29) is 16.7 Å². The molecule has 0 radical (unpaired) electrons. The average Bonchev–Trinajstić information content (AvgIpc) is 2.36. The maximum absolute atomic E-state index is 11.1. The Balaban J connectivity index is 2.41. The van der Waals surface area contributed by atoms with Crippen LogP contribution in [-0.2, 0) is 9.53 Å². The molecular weight excluding hydrogens is 272 g/mol. The molecule has 0 spiro atoms. The van der Waals surface area contributed by atoms with Gasteiger partial charge in [-0.2, -0.15) is 0 Å². The Kier molecular flexibility index (Phi) is 6.08. The van der Waals surface area contributed by atoms with Crippen LogP contribution < -0.4 is 5.32 Å². The van der Waals surface area contributed by atoms with Crippen molar-refractivity contribution in [3.05, 3.63) is 33.3 Å². The zero-order chi connectivity index (χ0) is 14.3. The normalized spacial score (nSPS) is 10.0. The standard InChI is InChI=1S/C12H15ClN2O4/c1-2-19-12(16)4-3-7-14-11-6-5-9(15(17)18)8-10(11)13/h5-6,8,14H,2-4,7H2,1H3. The minimum absolute atomic E-state index is 0.0536. The molecule has 1 aromatic carbocycles. The fourth-order valence-electron chi connectivity index (χ4n) is 1.45. The molecule has 0 aliphatic rings. The number of ether oxygens (including phenoxy) is 1. The van der Waals surface area contributed by atoms with Crippen LogP contribution in [0.1, 0.15) is 19.8 Å². The monoisotopic (exact) mass is 286 g/mol. The largest absolute Gasteiger partial charge is 0.466 e. The number of hydrogen-bond acceptors (Lipinski definition) is 5. The molecule has 0 amide bonds. The highest BCUT2D eigenvalue weighted by molar-refractivity contribution is 6.33. The number of carbonyl (C=O) groups excluding carboxylic acids is 1. The van der Waals surface area contributed by atoms with Crippen LogP contribution in [0.4, 0.5) is 11.4 Å². The van der Waals surface area contributed by atoms with E-state index >= 15 is 0 Å². The lowest BCUT2D eigenvalue weighted by Gasteiger charge is -2.07. The van der Waals surface area contributed by atoms with Crippen LogP contribution in [-0.4, -0.2) is 24.0 Å². The summed E-state index contributed by atoms with van der Waals surface area (Å²) in [4.78, 5) is 21.1. The molecule has 0 saturated heterocycles. The van der Waals surface area contributed by atoms with Crippen LogP contribution in [0.25, 0.3) is 0 Å². The lowest BCUT2D eigenvalue weighted by Crippen LogP contribution is -2.08. The number of nitro benzene ring substituents is 1. The Bertz CT molecular complexity index is 465. The van der Waals surface area contributed by atoms with Crippen molar-refractivity contribution >= 4 is 28.9 Å². The summed E-state index contributed by atoms with van der Waals surface area (Å²) in [6, 6.07) is 4.21. The Morgan fingerprint density at radius 2 is 2.26 bits per heavy atom. The molecule has 6 nitrogen and oxygen atoms in total. The van der Waals surface area contributed by atoms with Crippen molar-refractivity contribution in [1.82, 2.24) is 0 Å². The van der Waals surface area contributed by atoms with Crippen molar-refractivity contribution in [3.63, 3.8) is 0 Å². The molecule has 0 atom stereocenters. The number of hydrogen-bond donors (Lipinski definition) is 1. The number of nitrogens with zero attached hydrogens (tertiary/aromatic N) is 1. The fraction of sp³-hybridized carbons (Fsp3) is 0.417. The van der Waals surface area contributed by atoms with Gasteiger partial charge >= 0.3 is 5.97 Å². The minimum atomic E-state index is -0.504. The van der Waals surface area contributed by atoms with Crippen LogP contribution in [0.15, 0.2) is 18.2 Å². The van der Waals surface area contributed by atoms with Gasteiger partial charge in [0.2, 0.25) is 0 Å². The molecule has 0 aliphatic heterocycles. The summed E-state index contributed by atoms with van der Waals surface area (Å²) in [6.45, 7) is 2.67. The van der Waals surface area contributed by atoms with Gasteiger partial charge in [0.15, 0.2) is 0 Å². The smallest absolute Gasteiger partial charge is 0.305 e. The summed E-state index contributed by atoms with van der Waals surface area (Å²) < 4.78 is 4.79. The average molecular weight is 287 g/mol. The molecule has 1 aromatic rings. The maximum Gasteiger partial charge on any atom is 0.305 e. The number of rotatable bonds is 7. The van der Waals surface area contributed by atoms with E-state index in [1.165, 1.54) is 12.1 Å². The highest BCUT2D eigenvalue weighted by Crippen LogP contribution is 2.26. The number of carbonyl (C=O) groups is 1. The van der Waals surface area contributed by atoms with Gasteiger partial charge in [0.25, 0.3) is 5.69 Å².